The lowest BCUT2D eigenvalue weighted by Crippen LogP contribution is -2.29. The Hall–Kier alpha value is -1.00. The quantitative estimate of drug-likeness (QED) is 0.837. The molecule has 16 heavy (non-hydrogen) atoms. The van der Waals surface area contributed by atoms with E-state index >= 15 is 0 Å². The Bertz CT molecular complexity index is 355. The van der Waals surface area contributed by atoms with Crippen LogP contribution in [0.1, 0.15) is 12.0 Å². The number of carboxylic acid groups (broad SMARTS) is 1. The van der Waals surface area contributed by atoms with E-state index in [9.17, 15) is 4.79 Å². The molecule has 1 aromatic carbocycles. The normalized spacial score (nSPS) is 24.5. The molecule has 0 radical (unpaired) electrons. The summed E-state index contributed by atoms with van der Waals surface area (Å²) in [5.41, 5.74) is 1.30. The second-order valence-corrected chi connectivity index (χ2v) is 5.24. The molecule has 1 aliphatic heterocycles. The molecule has 0 bridgehead atoms. The lowest BCUT2D eigenvalue weighted by molar-refractivity contribution is -0.139. The van der Waals surface area contributed by atoms with Crippen LogP contribution < -0.4 is 5.32 Å². The molecule has 0 spiro atoms. The van der Waals surface area contributed by atoms with Crippen molar-refractivity contribution in [2.24, 2.45) is 0 Å². The predicted molar refractivity (Wildman–Crippen MR) is 65.6 cm³/mol. The fourth-order valence-electron chi connectivity index (χ4n) is 1.81. The molecule has 3 nitrogen and oxygen atoms in total. The van der Waals surface area contributed by atoms with Crippen molar-refractivity contribution < 1.29 is 9.90 Å². The molecule has 2 rings (SSSR count). The molecular weight excluding hydrogens is 222 g/mol. The SMILES string of the molecule is O=C(O)[C@@H]1C[C@H](SCc2ccccc2)CN1. The molecule has 1 fully saturated rings. The highest BCUT2D eigenvalue weighted by molar-refractivity contribution is 7.99. The Labute approximate surface area is 99.2 Å². The average molecular weight is 237 g/mol. The number of hydrogen-bond donors (Lipinski definition) is 2. The van der Waals surface area contributed by atoms with Crippen LogP contribution >= 0.6 is 11.8 Å². The van der Waals surface area contributed by atoms with E-state index in [1.807, 2.05) is 30.0 Å². The summed E-state index contributed by atoms with van der Waals surface area (Å²) in [4.78, 5) is 10.7. The fraction of sp³-hybridized carbons (Fsp3) is 0.417. The van der Waals surface area contributed by atoms with Gasteiger partial charge in [0.05, 0.1) is 0 Å². The van der Waals surface area contributed by atoms with Crippen molar-refractivity contribution in [2.75, 3.05) is 6.54 Å². The Morgan fingerprint density at radius 3 is 2.81 bits per heavy atom. The van der Waals surface area contributed by atoms with E-state index in [1.54, 1.807) is 0 Å². The van der Waals surface area contributed by atoms with Crippen molar-refractivity contribution in [1.82, 2.24) is 5.32 Å². The largest absolute Gasteiger partial charge is 0.480 e. The average Bonchev–Trinajstić information content (AvgIpc) is 2.76. The number of hydrogen-bond acceptors (Lipinski definition) is 3. The Kier molecular flexibility index (Phi) is 3.85. The Morgan fingerprint density at radius 1 is 1.44 bits per heavy atom. The number of carbonyl (C=O) groups is 1. The van der Waals surface area contributed by atoms with E-state index in [4.69, 9.17) is 5.11 Å². The lowest BCUT2D eigenvalue weighted by atomic mass is 10.2. The molecule has 4 heteroatoms. The summed E-state index contributed by atoms with van der Waals surface area (Å²) in [6.07, 6.45) is 0.729. The topological polar surface area (TPSA) is 49.3 Å². The summed E-state index contributed by atoms with van der Waals surface area (Å²) < 4.78 is 0. The standard InChI is InChI=1S/C12H15NO2S/c14-12(15)11-6-10(7-13-11)16-8-9-4-2-1-3-5-9/h1-5,10-11,13H,6-8H2,(H,14,15)/t10-,11-/m0/s1. The number of rotatable bonds is 4. The third-order valence-corrected chi connectivity index (χ3v) is 4.05. The van der Waals surface area contributed by atoms with Crippen molar-refractivity contribution >= 4 is 17.7 Å². The third-order valence-electron chi connectivity index (χ3n) is 2.72. The zero-order valence-corrected chi connectivity index (χ0v) is 9.74. The fourth-order valence-corrected chi connectivity index (χ4v) is 2.97. The molecule has 86 valence electrons. The van der Waals surface area contributed by atoms with Crippen LogP contribution in [0.2, 0.25) is 0 Å². The maximum atomic E-state index is 10.7. The number of benzene rings is 1. The first kappa shape index (κ1) is 11.5. The number of aliphatic carboxylic acids is 1. The highest BCUT2D eigenvalue weighted by Crippen LogP contribution is 2.24. The number of nitrogens with one attached hydrogen (secondary N) is 1. The minimum absolute atomic E-state index is 0.353. The van der Waals surface area contributed by atoms with Crippen LogP contribution in [0, 0.1) is 0 Å². The van der Waals surface area contributed by atoms with E-state index < -0.39 is 5.97 Å². The van der Waals surface area contributed by atoms with Gasteiger partial charge in [-0.1, -0.05) is 30.3 Å². The van der Waals surface area contributed by atoms with Crippen LogP contribution in [0.5, 0.6) is 0 Å². The van der Waals surface area contributed by atoms with Gasteiger partial charge in [0.1, 0.15) is 6.04 Å². The van der Waals surface area contributed by atoms with Crippen LogP contribution in [-0.2, 0) is 10.5 Å². The van der Waals surface area contributed by atoms with Crippen molar-refractivity contribution in [2.45, 2.75) is 23.5 Å². The van der Waals surface area contributed by atoms with Crippen molar-refractivity contribution in [1.29, 1.82) is 0 Å². The first-order valence-corrected chi connectivity index (χ1v) is 6.42. The highest BCUT2D eigenvalue weighted by Gasteiger charge is 2.29. The van der Waals surface area contributed by atoms with Gasteiger partial charge in [0, 0.05) is 17.5 Å². The van der Waals surface area contributed by atoms with Crippen LogP contribution in [0.15, 0.2) is 30.3 Å². The van der Waals surface area contributed by atoms with Gasteiger partial charge >= 0.3 is 5.97 Å². The molecule has 0 unspecified atom stereocenters. The minimum Gasteiger partial charge on any atom is -0.480 e. The van der Waals surface area contributed by atoms with Gasteiger partial charge in [-0.3, -0.25) is 4.79 Å². The molecule has 2 N–H and O–H groups in total. The van der Waals surface area contributed by atoms with E-state index in [-0.39, 0.29) is 6.04 Å². The van der Waals surface area contributed by atoms with Gasteiger partial charge in [-0.2, -0.15) is 11.8 Å². The van der Waals surface area contributed by atoms with E-state index in [0.29, 0.717) is 5.25 Å². The van der Waals surface area contributed by atoms with Crippen molar-refractivity contribution in [3.8, 4) is 0 Å². The second kappa shape index (κ2) is 5.37. The summed E-state index contributed by atoms with van der Waals surface area (Å²) in [7, 11) is 0. The summed E-state index contributed by atoms with van der Waals surface area (Å²) in [6.45, 7) is 0.800. The molecule has 0 aromatic heterocycles. The maximum absolute atomic E-state index is 10.7. The zero-order chi connectivity index (χ0) is 11.4. The molecule has 0 aliphatic carbocycles. The summed E-state index contributed by atoms with van der Waals surface area (Å²) in [5.74, 6) is 0.224. The molecule has 1 saturated heterocycles. The molecule has 0 saturated carbocycles. The van der Waals surface area contributed by atoms with Gasteiger partial charge in [-0.15, -0.1) is 0 Å². The van der Waals surface area contributed by atoms with Crippen LogP contribution in [0.4, 0.5) is 0 Å². The second-order valence-electron chi connectivity index (χ2n) is 3.95. The van der Waals surface area contributed by atoms with Crippen LogP contribution in [0.25, 0.3) is 0 Å². The molecule has 1 aromatic rings. The predicted octanol–water partition coefficient (Wildman–Crippen LogP) is 1.73. The molecule has 2 atom stereocenters. The van der Waals surface area contributed by atoms with E-state index in [1.165, 1.54) is 5.56 Å². The first-order chi connectivity index (χ1) is 7.75. The van der Waals surface area contributed by atoms with Crippen LogP contribution in [-0.4, -0.2) is 28.9 Å². The van der Waals surface area contributed by atoms with Crippen LogP contribution in [0.3, 0.4) is 0 Å². The molecule has 1 aliphatic rings. The highest BCUT2D eigenvalue weighted by atomic mass is 32.2. The number of carboxylic acids is 1. The monoisotopic (exact) mass is 237 g/mol. The van der Waals surface area contributed by atoms with E-state index in [0.717, 1.165) is 18.7 Å². The van der Waals surface area contributed by atoms with E-state index in [2.05, 4.69) is 17.4 Å². The maximum Gasteiger partial charge on any atom is 0.320 e. The van der Waals surface area contributed by atoms with Gasteiger partial charge in [0.25, 0.3) is 0 Å². The molecule has 0 amide bonds. The zero-order valence-electron chi connectivity index (χ0n) is 8.93. The summed E-state index contributed by atoms with van der Waals surface area (Å²) >= 11 is 1.83. The van der Waals surface area contributed by atoms with Gasteiger partial charge in [-0.05, 0) is 12.0 Å². The molecule has 1 heterocycles. The molecular formula is C12H15NO2S. The summed E-state index contributed by atoms with van der Waals surface area (Å²) in [5, 5.41) is 12.3. The third kappa shape index (κ3) is 3.00. The lowest BCUT2D eigenvalue weighted by Gasteiger charge is -2.07. The van der Waals surface area contributed by atoms with Crippen molar-refractivity contribution in [3.63, 3.8) is 0 Å². The summed E-state index contributed by atoms with van der Waals surface area (Å²) in [6, 6.07) is 9.92. The smallest absolute Gasteiger partial charge is 0.320 e. The minimum atomic E-state index is -0.734. The Balaban J connectivity index is 1.78. The van der Waals surface area contributed by atoms with Gasteiger partial charge in [-0.25, -0.2) is 0 Å². The van der Waals surface area contributed by atoms with Gasteiger partial charge in [0.2, 0.25) is 0 Å². The van der Waals surface area contributed by atoms with Gasteiger partial charge < -0.3 is 10.4 Å². The number of thioether (sulfide) groups is 1. The van der Waals surface area contributed by atoms with Gasteiger partial charge in [0.15, 0.2) is 0 Å². The Morgan fingerprint density at radius 2 is 2.19 bits per heavy atom. The first-order valence-electron chi connectivity index (χ1n) is 5.37. The van der Waals surface area contributed by atoms with Crippen molar-refractivity contribution in [3.05, 3.63) is 35.9 Å².